The molecule has 1 N–H and O–H groups in total. The van der Waals surface area contributed by atoms with Crippen LogP contribution in [0.2, 0.25) is 5.02 Å². The topological polar surface area (TPSA) is 64.6 Å². The molecule has 0 aromatic heterocycles. The molecule has 0 aliphatic heterocycles. The number of esters is 1. The van der Waals surface area contributed by atoms with Gasteiger partial charge in [-0.3, -0.25) is 4.79 Å². The van der Waals surface area contributed by atoms with Gasteiger partial charge in [0.25, 0.3) is 5.91 Å². The minimum absolute atomic E-state index is 0.298. The van der Waals surface area contributed by atoms with Crippen LogP contribution in [0, 0.1) is 0 Å². The number of anilines is 1. The van der Waals surface area contributed by atoms with Crippen molar-refractivity contribution >= 4 is 29.2 Å². The summed E-state index contributed by atoms with van der Waals surface area (Å²) in [6, 6.07) is 13.3. The Morgan fingerprint density at radius 2 is 1.87 bits per heavy atom. The molecule has 0 saturated heterocycles. The summed E-state index contributed by atoms with van der Waals surface area (Å²) in [6.45, 7) is 2.09. The predicted octanol–water partition coefficient (Wildman–Crippen LogP) is 3.53. The number of amides is 1. The van der Waals surface area contributed by atoms with Gasteiger partial charge in [-0.1, -0.05) is 17.7 Å². The SMILES string of the molecule is CCOc1ccc(NC(=O)COC(=O)c2cccc(Cl)c2)cc1. The summed E-state index contributed by atoms with van der Waals surface area (Å²) in [7, 11) is 0. The molecule has 2 aromatic rings. The molecule has 0 fully saturated rings. The first-order valence-electron chi connectivity index (χ1n) is 7.04. The molecule has 0 heterocycles. The van der Waals surface area contributed by atoms with Gasteiger partial charge in [-0.05, 0) is 49.4 Å². The fourth-order valence-electron chi connectivity index (χ4n) is 1.83. The molecular formula is C17H16ClNO4. The van der Waals surface area contributed by atoms with Gasteiger partial charge in [-0.15, -0.1) is 0 Å². The maximum atomic E-state index is 11.8. The second-order valence-corrected chi connectivity index (χ2v) is 5.03. The summed E-state index contributed by atoms with van der Waals surface area (Å²) >= 11 is 5.80. The Morgan fingerprint density at radius 3 is 2.52 bits per heavy atom. The van der Waals surface area contributed by atoms with Gasteiger partial charge in [0.2, 0.25) is 0 Å². The highest BCUT2D eigenvalue weighted by Gasteiger charge is 2.10. The highest BCUT2D eigenvalue weighted by Crippen LogP contribution is 2.15. The molecule has 2 aromatic carbocycles. The number of benzene rings is 2. The standard InChI is InChI=1S/C17H16ClNO4/c1-2-22-15-8-6-14(7-9-15)19-16(20)11-23-17(21)12-4-3-5-13(18)10-12/h3-10H,2,11H2,1H3,(H,19,20). The van der Waals surface area contributed by atoms with Gasteiger partial charge in [0, 0.05) is 10.7 Å². The molecule has 0 aliphatic carbocycles. The Balaban J connectivity index is 1.84. The Morgan fingerprint density at radius 1 is 1.13 bits per heavy atom. The van der Waals surface area contributed by atoms with E-state index in [4.69, 9.17) is 21.1 Å². The number of hydrogen-bond donors (Lipinski definition) is 1. The van der Waals surface area contributed by atoms with Crippen LogP contribution < -0.4 is 10.1 Å². The van der Waals surface area contributed by atoms with Crippen LogP contribution in [0.15, 0.2) is 48.5 Å². The number of hydrogen-bond acceptors (Lipinski definition) is 4. The molecule has 6 heteroatoms. The van der Waals surface area contributed by atoms with Gasteiger partial charge in [-0.2, -0.15) is 0 Å². The van der Waals surface area contributed by atoms with Crippen LogP contribution in [-0.4, -0.2) is 25.1 Å². The molecule has 2 rings (SSSR count). The highest BCUT2D eigenvalue weighted by molar-refractivity contribution is 6.30. The lowest BCUT2D eigenvalue weighted by atomic mass is 10.2. The van der Waals surface area contributed by atoms with E-state index in [0.717, 1.165) is 5.75 Å². The van der Waals surface area contributed by atoms with Crippen molar-refractivity contribution in [1.29, 1.82) is 0 Å². The molecule has 1 amide bonds. The summed E-state index contributed by atoms with van der Waals surface area (Å²) < 4.78 is 10.3. The van der Waals surface area contributed by atoms with Crippen molar-refractivity contribution in [3.05, 3.63) is 59.1 Å². The Kier molecular flexibility index (Phi) is 6.00. The lowest BCUT2D eigenvalue weighted by molar-refractivity contribution is -0.119. The normalized spacial score (nSPS) is 10.0. The molecule has 120 valence electrons. The van der Waals surface area contributed by atoms with E-state index in [1.165, 1.54) is 6.07 Å². The maximum Gasteiger partial charge on any atom is 0.338 e. The second-order valence-electron chi connectivity index (χ2n) is 4.59. The molecule has 0 saturated carbocycles. The van der Waals surface area contributed by atoms with Crippen molar-refractivity contribution in [3.8, 4) is 5.75 Å². The first-order chi connectivity index (χ1) is 11.1. The zero-order valence-corrected chi connectivity index (χ0v) is 13.3. The Labute approximate surface area is 139 Å². The number of nitrogens with one attached hydrogen (secondary N) is 1. The van der Waals surface area contributed by atoms with Gasteiger partial charge < -0.3 is 14.8 Å². The summed E-state index contributed by atoms with van der Waals surface area (Å²) in [5, 5.41) is 3.06. The van der Waals surface area contributed by atoms with E-state index in [1.807, 2.05) is 6.92 Å². The van der Waals surface area contributed by atoms with Crippen LogP contribution in [0.3, 0.4) is 0 Å². The van der Waals surface area contributed by atoms with Crippen LogP contribution in [0.25, 0.3) is 0 Å². The van der Waals surface area contributed by atoms with Crippen LogP contribution in [0.4, 0.5) is 5.69 Å². The Bertz CT molecular complexity index is 685. The summed E-state index contributed by atoms with van der Waals surface area (Å²) in [5.74, 6) is -0.309. The number of carbonyl (C=O) groups is 2. The third-order valence-electron chi connectivity index (χ3n) is 2.84. The van der Waals surface area contributed by atoms with Crippen molar-refractivity contribution < 1.29 is 19.1 Å². The van der Waals surface area contributed by atoms with Gasteiger partial charge in [0.05, 0.1) is 12.2 Å². The first kappa shape index (κ1) is 16.8. The predicted molar refractivity (Wildman–Crippen MR) is 88.0 cm³/mol. The van der Waals surface area contributed by atoms with E-state index in [0.29, 0.717) is 22.9 Å². The van der Waals surface area contributed by atoms with Crippen molar-refractivity contribution in [3.63, 3.8) is 0 Å². The van der Waals surface area contributed by atoms with Crippen LogP contribution in [0.5, 0.6) is 5.75 Å². The number of rotatable bonds is 6. The van der Waals surface area contributed by atoms with Crippen LogP contribution in [-0.2, 0) is 9.53 Å². The first-order valence-corrected chi connectivity index (χ1v) is 7.41. The van der Waals surface area contributed by atoms with Gasteiger partial charge in [-0.25, -0.2) is 4.79 Å². The molecule has 0 radical (unpaired) electrons. The lowest BCUT2D eigenvalue weighted by Gasteiger charge is -2.08. The van der Waals surface area contributed by atoms with E-state index in [1.54, 1.807) is 42.5 Å². The zero-order valence-electron chi connectivity index (χ0n) is 12.5. The average Bonchev–Trinajstić information content (AvgIpc) is 2.55. The minimum Gasteiger partial charge on any atom is -0.494 e. The number of halogens is 1. The number of carbonyl (C=O) groups excluding carboxylic acids is 2. The minimum atomic E-state index is -0.602. The van der Waals surface area contributed by atoms with Crippen molar-refractivity contribution in [2.24, 2.45) is 0 Å². The average molecular weight is 334 g/mol. The van der Waals surface area contributed by atoms with Crippen molar-refractivity contribution in [2.75, 3.05) is 18.5 Å². The van der Waals surface area contributed by atoms with Crippen molar-refractivity contribution in [1.82, 2.24) is 0 Å². The maximum absolute atomic E-state index is 11.8. The molecule has 0 aliphatic rings. The third kappa shape index (κ3) is 5.30. The monoisotopic (exact) mass is 333 g/mol. The van der Waals surface area contributed by atoms with Crippen molar-refractivity contribution in [2.45, 2.75) is 6.92 Å². The summed E-state index contributed by atoms with van der Waals surface area (Å²) in [5.41, 5.74) is 0.892. The van der Waals surface area contributed by atoms with E-state index in [2.05, 4.69) is 5.32 Å². The Hall–Kier alpha value is -2.53. The smallest absolute Gasteiger partial charge is 0.338 e. The second kappa shape index (κ2) is 8.19. The largest absolute Gasteiger partial charge is 0.494 e. The van der Waals surface area contributed by atoms with E-state index < -0.39 is 11.9 Å². The van der Waals surface area contributed by atoms with Crippen LogP contribution in [0.1, 0.15) is 17.3 Å². The molecule has 0 atom stereocenters. The van der Waals surface area contributed by atoms with Gasteiger partial charge >= 0.3 is 5.97 Å². The van der Waals surface area contributed by atoms with E-state index >= 15 is 0 Å². The number of ether oxygens (including phenoxy) is 2. The molecule has 5 nitrogen and oxygen atoms in total. The van der Waals surface area contributed by atoms with E-state index in [9.17, 15) is 9.59 Å². The van der Waals surface area contributed by atoms with Crippen LogP contribution >= 0.6 is 11.6 Å². The quantitative estimate of drug-likeness (QED) is 0.821. The van der Waals surface area contributed by atoms with Gasteiger partial charge in [0.1, 0.15) is 5.75 Å². The summed E-state index contributed by atoms with van der Waals surface area (Å²) in [4.78, 5) is 23.6. The zero-order chi connectivity index (χ0) is 16.7. The molecule has 23 heavy (non-hydrogen) atoms. The fraction of sp³-hybridized carbons (Fsp3) is 0.176. The molecule has 0 unspecified atom stereocenters. The molecule has 0 spiro atoms. The van der Waals surface area contributed by atoms with E-state index in [-0.39, 0.29) is 6.61 Å². The molecular weight excluding hydrogens is 318 g/mol. The van der Waals surface area contributed by atoms with Gasteiger partial charge in [0.15, 0.2) is 6.61 Å². The molecule has 0 bridgehead atoms. The highest BCUT2D eigenvalue weighted by atomic mass is 35.5. The third-order valence-corrected chi connectivity index (χ3v) is 3.08. The summed E-state index contributed by atoms with van der Waals surface area (Å²) in [6.07, 6.45) is 0. The lowest BCUT2D eigenvalue weighted by Crippen LogP contribution is -2.20. The fourth-order valence-corrected chi connectivity index (χ4v) is 2.02.